The summed E-state index contributed by atoms with van der Waals surface area (Å²) in [6, 6.07) is 83.6. The van der Waals surface area contributed by atoms with Crippen molar-refractivity contribution in [1.29, 1.82) is 0 Å². The fourth-order valence-corrected chi connectivity index (χ4v) is 10.5. The lowest BCUT2D eigenvalue weighted by molar-refractivity contribution is 0.485. The first kappa shape index (κ1) is 36.7. The summed E-state index contributed by atoms with van der Waals surface area (Å²) < 4.78 is 6.86. The Morgan fingerprint density at radius 1 is 0.524 bits per heavy atom. The molecule has 0 radical (unpaired) electrons. The zero-order valence-corrected chi connectivity index (χ0v) is 34.6. The first-order chi connectivity index (χ1) is 31.3. The summed E-state index contributed by atoms with van der Waals surface area (Å²) in [5, 5.41) is 2.23. The molecule has 0 aliphatic heterocycles. The van der Waals surface area contributed by atoms with E-state index >= 15 is 0 Å². The molecule has 12 rings (SSSR count). The molecule has 2 heteroatoms. The van der Waals surface area contributed by atoms with Gasteiger partial charge in [-0.25, -0.2) is 0 Å². The van der Waals surface area contributed by atoms with Crippen LogP contribution in [0.25, 0.3) is 60.9 Å². The number of hydrogen-bond acceptors (Lipinski definition) is 2. The van der Waals surface area contributed by atoms with Gasteiger partial charge in [0.2, 0.25) is 0 Å². The minimum absolute atomic E-state index is 0.0736. The van der Waals surface area contributed by atoms with Crippen molar-refractivity contribution in [3.8, 4) is 33.4 Å². The monoisotopic (exact) mass is 803 g/mol. The average molecular weight is 804 g/mol. The molecule has 63 heavy (non-hydrogen) atoms. The SMILES string of the molecule is c1cccc(C2(c3ccccc3)c3c(-c4cccc5c4oc4ccccc45)ccc(N(c4ccc(-c5ccccc5)cc4)c4ccc(-c5ccccc5)cc4)c3C3=CC=CCC32)c#1. The van der Waals surface area contributed by atoms with Gasteiger partial charge in [0, 0.05) is 44.8 Å². The van der Waals surface area contributed by atoms with Crippen LogP contribution >= 0.6 is 0 Å². The molecule has 0 saturated carbocycles. The molecule has 296 valence electrons. The molecule has 0 spiro atoms. The Kier molecular flexibility index (Phi) is 8.80. The lowest BCUT2D eigenvalue weighted by atomic mass is 9.62. The summed E-state index contributed by atoms with van der Waals surface area (Å²) in [6.07, 6.45) is 7.83. The quantitative estimate of drug-likeness (QED) is 0.152. The van der Waals surface area contributed by atoms with Gasteiger partial charge in [-0.3, -0.25) is 0 Å². The highest BCUT2D eigenvalue weighted by Gasteiger charge is 2.54. The standard InChI is InChI=1S/C61H41NO/c1-5-18-42(19-6-1)44-32-36-48(37-33-44)62(49-38-34-45(35-39-49)43-20-7-2-8-21-43)56-41-40-51(53-29-17-28-52-50-26-14-16-31-57(50)63-60(52)53)59-58(56)54-27-13-15-30-55(54)61(59,46-22-9-3-10-23-46)47-24-11-4-12-25-47/h1-11,13-24,26-29,31-41,55H,30H2. The molecule has 2 aliphatic rings. The Bertz CT molecular complexity index is 3200. The van der Waals surface area contributed by atoms with Crippen molar-refractivity contribution in [2.24, 2.45) is 5.92 Å². The van der Waals surface area contributed by atoms with E-state index in [9.17, 15) is 0 Å². The van der Waals surface area contributed by atoms with Crippen LogP contribution in [0.1, 0.15) is 28.7 Å². The number of para-hydroxylation sites is 2. The maximum atomic E-state index is 6.86. The molecule has 1 heterocycles. The zero-order valence-electron chi connectivity index (χ0n) is 34.6. The van der Waals surface area contributed by atoms with E-state index in [4.69, 9.17) is 4.42 Å². The molecule has 2 nitrogen and oxygen atoms in total. The molecule has 0 fully saturated rings. The van der Waals surface area contributed by atoms with E-state index in [0.29, 0.717) is 0 Å². The number of hydrogen-bond donors (Lipinski definition) is 0. The topological polar surface area (TPSA) is 16.4 Å². The zero-order chi connectivity index (χ0) is 41.7. The molecular formula is C61H41NO. The van der Waals surface area contributed by atoms with E-state index in [-0.39, 0.29) is 5.92 Å². The summed E-state index contributed by atoms with van der Waals surface area (Å²) in [4.78, 5) is 2.46. The third-order valence-electron chi connectivity index (χ3n) is 13.3. The highest BCUT2D eigenvalue weighted by Crippen LogP contribution is 2.64. The van der Waals surface area contributed by atoms with Crippen molar-refractivity contribution in [3.05, 3.63) is 265 Å². The number of anilines is 3. The molecule has 10 aromatic rings. The summed E-state index contributed by atoms with van der Waals surface area (Å²) in [7, 11) is 0. The number of furan rings is 1. The van der Waals surface area contributed by atoms with Crippen LogP contribution in [0.3, 0.4) is 0 Å². The molecule has 9 aromatic carbocycles. The third-order valence-corrected chi connectivity index (χ3v) is 13.3. The van der Waals surface area contributed by atoms with Crippen LogP contribution in [-0.2, 0) is 5.41 Å². The largest absolute Gasteiger partial charge is 0.455 e. The Balaban J connectivity index is 1.18. The maximum Gasteiger partial charge on any atom is 0.143 e. The molecule has 0 saturated heterocycles. The van der Waals surface area contributed by atoms with Crippen LogP contribution in [-0.4, -0.2) is 0 Å². The maximum absolute atomic E-state index is 6.86. The van der Waals surface area contributed by atoms with Gasteiger partial charge >= 0.3 is 0 Å². The van der Waals surface area contributed by atoms with Crippen LogP contribution in [0.15, 0.2) is 235 Å². The van der Waals surface area contributed by atoms with E-state index in [1.54, 1.807) is 0 Å². The van der Waals surface area contributed by atoms with Crippen LogP contribution < -0.4 is 4.90 Å². The molecule has 2 aliphatic carbocycles. The molecule has 1 aromatic heterocycles. The first-order valence-electron chi connectivity index (χ1n) is 21.8. The second-order valence-corrected chi connectivity index (χ2v) is 16.5. The van der Waals surface area contributed by atoms with Crippen LogP contribution in [0.5, 0.6) is 0 Å². The van der Waals surface area contributed by atoms with Crippen molar-refractivity contribution in [2.45, 2.75) is 11.8 Å². The molecular weight excluding hydrogens is 763 g/mol. The van der Waals surface area contributed by atoms with Gasteiger partial charge in [0.05, 0.1) is 11.1 Å². The fourth-order valence-electron chi connectivity index (χ4n) is 10.5. The van der Waals surface area contributed by atoms with E-state index in [1.807, 2.05) is 6.07 Å². The van der Waals surface area contributed by atoms with Gasteiger partial charge in [-0.1, -0.05) is 194 Å². The van der Waals surface area contributed by atoms with Crippen LogP contribution in [0.2, 0.25) is 0 Å². The number of rotatable bonds is 8. The molecule has 0 N–H and O–H groups in total. The average Bonchev–Trinajstić information content (AvgIpc) is 3.91. The molecule has 2 atom stereocenters. The Hall–Kier alpha value is -8.12. The number of allylic oxidation sites excluding steroid dienone is 4. The number of benzene rings is 8. The van der Waals surface area contributed by atoms with E-state index in [1.165, 1.54) is 44.5 Å². The number of nitrogens with zero attached hydrogens (tertiary/aromatic N) is 1. The minimum atomic E-state index is -0.621. The second kappa shape index (κ2) is 15.1. The predicted octanol–water partition coefficient (Wildman–Crippen LogP) is 16.0. The van der Waals surface area contributed by atoms with Crippen molar-refractivity contribution in [2.75, 3.05) is 4.90 Å². The highest BCUT2D eigenvalue weighted by molar-refractivity contribution is 6.11. The van der Waals surface area contributed by atoms with Gasteiger partial charge in [-0.05, 0) is 99.5 Å². The first-order valence-corrected chi connectivity index (χ1v) is 21.8. The summed E-state index contributed by atoms with van der Waals surface area (Å²) in [5.74, 6) is 0.0736. The van der Waals surface area contributed by atoms with Gasteiger partial charge in [0.15, 0.2) is 0 Å². The normalized spacial score (nSPS) is 14.8. The Labute approximate surface area is 368 Å². The third kappa shape index (κ3) is 5.89. The second-order valence-electron chi connectivity index (χ2n) is 16.5. The van der Waals surface area contributed by atoms with Crippen molar-refractivity contribution >= 4 is 44.6 Å². The molecule has 0 amide bonds. The van der Waals surface area contributed by atoms with Gasteiger partial charge in [0.25, 0.3) is 0 Å². The summed E-state index contributed by atoms with van der Waals surface area (Å²) >= 11 is 0. The number of fused-ring (bicyclic) bond motifs is 6. The van der Waals surface area contributed by atoms with Crippen molar-refractivity contribution < 1.29 is 4.42 Å². The van der Waals surface area contributed by atoms with Crippen LogP contribution in [0.4, 0.5) is 17.1 Å². The van der Waals surface area contributed by atoms with Gasteiger partial charge in [-0.15, -0.1) is 0 Å². The molecule has 0 bridgehead atoms. The van der Waals surface area contributed by atoms with Gasteiger partial charge < -0.3 is 9.32 Å². The molecule has 2 unspecified atom stereocenters. The predicted molar refractivity (Wildman–Crippen MR) is 260 cm³/mol. The smallest absolute Gasteiger partial charge is 0.143 e. The van der Waals surface area contributed by atoms with Gasteiger partial charge in [-0.2, -0.15) is 0 Å². The lowest BCUT2D eigenvalue weighted by Gasteiger charge is -2.38. The van der Waals surface area contributed by atoms with Crippen molar-refractivity contribution in [1.82, 2.24) is 0 Å². The lowest BCUT2D eigenvalue weighted by Crippen LogP contribution is -2.35. The van der Waals surface area contributed by atoms with E-state index < -0.39 is 5.41 Å². The fraction of sp³-hybridized carbons (Fsp3) is 0.0492. The van der Waals surface area contributed by atoms with Gasteiger partial charge in [0.1, 0.15) is 11.2 Å². The van der Waals surface area contributed by atoms with E-state index in [0.717, 1.165) is 62.1 Å². The van der Waals surface area contributed by atoms with E-state index in [2.05, 4.69) is 242 Å². The minimum Gasteiger partial charge on any atom is -0.455 e. The van der Waals surface area contributed by atoms with Crippen LogP contribution in [0, 0.1) is 18.1 Å². The summed E-state index contributed by atoms with van der Waals surface area (Å²) in [5.41, 5.74) is 17.5. The summed E-state index contributed by atoms with van der Waals surface area (Å²) in [6.45, 7) is 0. The van der Waals surface area contributed by atoms with Crippen molar-refractivity contribution in [3.63, 3.8) is 0 Å². The highest BCUT2D eigenvalue weighted by atomic mass is 16.3. The Morgan fingerprint density at radius 2 is 1.14 bits per heavy atom. The Morgan fingerprint density at radius 3 is 1.81 bits per heavy atom.